The highest BCUT2D eigenvalue weighted by molar-refractivity contribution is 7.61. The van der Waals surface area contributed by atoms with Gasteiger partial charge >= 0.3 is 33.3 Å². The van der Waals surface area contributed by atoms with Crippen LogP contribution in [0.2, 0.25) is 0 Å². The van der Waals surface area contributed by atoms with Crippen LogP contribution in [0.3, 0.4) is 0 Å². The van der Waals surface area contributed by atoms with Gasteiger partial charge in [-0.25, -0.2) is 13.9 Å². The molecule has 22 heteroatoms. The van der Waals surface area contributed by atoms with Crippen molar-refractivity contribution in [3.63, 3.8) is 0 Å². The van der Waals surface area contributed by atoms with Gasteiger partial charge in [-0.1, -0.05) is 145 Å². The zero-order valence-electron chi connectivity index (χ0n) is 43.3. The van der Waals surface area contributed by atoms with Gasteiger partial charge in [0, 0.05) is 19.0 Å². The first-order valence-electron chi connectivity index (χ1n) is 26.2. The van der Waals surface area contributed by atoms with Gasteiger partial charge in [-0.3, -0.25) is 23.2 Å². The van der Waals surface area contributed by atoms with Gasteiger partial charge in [0.15, 0.2) is 12.3 Å². The fourth-order valence-corrected chi connectivity index (χ4v) is 9.41. The zero-order valence-corrected chi connectivity index (χ0v) is 45.1. The number of unbranched alkanes of at least 4 members (excludes halogenated alkanes) is 13. The van der Waals surface area contributed by atoms with Gasteiger partial charge in [-0.15, -0.1) is 0 Å². The van der Waals surface area contributed by atoms with Gasteiger partial charge in [-0.05, 0) is 76.7 Å². The van der Waals surface area contributed by atoms with E-state index >= 15 is 0 Å². The first-order chi connectivity index (χ1) is 35.5. The van der Waals surface area contributed by atoms with Crippen molar-refractivity contribution in [1.82, 2.24) is 9.55 Å². The first kappa shape index (κ1) is 66.2. The molecule has 420 valence electrons. The molecule has 74 heavy (non-hydrogen) atoms. The summed E-state index contributed by atoms with van der Waals surface area (Å²) in [5, 5.41) is 41.4. The molecule has 2 heterocycles. The van der Waals surface area contributed by atoms with Crippen LogP contribution in [0, 0.1) is 0 Å². The Bertz CT molecular complexity index is 2060. The summed E-state index contributed by atoms with van der Waals surface area (Å²) in [5.41, 5.74) is 4.57. The quantitative estimate of drug-likeness (QED) is 0.0106. The molecule has 0 bridgehead atoms. The summed E-state index contributed by atoms with van der Waals surface area (Å²) in [7, 11) is -11.0. The third kappa shape index (κ3) is 31.9. The largest absolute Gasteiger partial charge is 0.481 e. The fourth-order valence-electron chi connectivity index (χ4n) is 7.30. The number of esters is 2. The van der Waals surface area contributed by atoms with Crippen LogP contribution in [-0.2, 0) is 46.3 Å². The van der Waals surface area contributed by atoms with Crippen molar-refractivity contribution in [1.29, 1.82) is 0 Å². The summed E-state index contributed by atoms with van der Waals surface area (Å²) in [4.78, 5) is 62.0. The number of nitrogens with zero attached hydrogens (tertiary/aromatic N) is 2. The topological polar surface area (TPSA) is 306 Å². The molecule has 20 nitrogen and oxygen atoms in total. The lowest BCUT2D eigenvalue weighted by molar-refractivity contribution is -0.161. The molecule has 2 unspecified atom stereocenters. The number of phosphoric ester groups is 2. The monoisotopic (exact) mass is 1090 g/mol. The van der Waals surface area contributed by atoms with Crippen LogP contribution in [0.1, 0.15) is 161 Å². The Balaban J connectivity index is 1.87. The van der Waals surface area contributed by atoms with E-state index in [-0.39, 0.29) is 31.5 Å². The number of nitrogens with two attached hydrogens (primary N) is 1. The lowest BCUT2D eigenvalue weighted by Gasteiger charge is -2.21. The lowest BCUT2D eigenvalue weighted by atomic mass is 10.1. The maximum absolute atomic E-state index is 12.9. The highest BCUT2D eigenvalue weighted by atomic mass is 31.3. The number of aromatic nitrogens is 2. The van der Waals surface area contributed by atoms with E-state index in [1.165, 1.54) is 37.8 Å². The van der Waals surface area contributed by atoms with Gasteiger partial charge < -0.3 is 50.2 Å². The van der Waals surface area contributed by atoms with E-state index in [0.717, 1.165) is 87.8 Å². The van der Waals surface area contributed by atoms with E-state index < -0.39 is 95.9 Å². The van der Waals surface area contributed by atoms with Crippen LogP contribution < -0.4 is 11.4 Å². The molecule has 1 aromatic heterocycles. The molecular weight excluding hydrogens is 1000 g/mol. The van der Waals surface area contributed by atoms with Crippen molar-refractivity contribution < 1.29 is 76.5 Å². The Hall–Kier alpha value is -3.88. The van der Waals surface area contributed by atoms with E-state index in [1.54, 1.807) is 30.4 Å². The average Bonchev–Trinajstić information content (AvgIpc) is 3.63. The zero-order chi connectivity index (χ0) is 54.5. The minimum atomic E-state index is -5.48. The first-order valence-corrected chi connectivity index (χ1v) is 29.2. The molecule has 0 saturated carbocycles. The van der Waals surface area contributed by atoms with Crippen molar-refractivity contribution in [2.45, 2.75) is 198 Å². The predicted molar refractivity (Wildman–Crippen MR) is 282 cm³/mol. The second-order valence-corrected chi connectivity index (χ2v) is 21.1. The predicted octanol–water partition coefficient (Wildman–Crippen LogP) is 8.83. The van der Waals surface area contributed by atoms with Crippen molar-refractivity contribution in [3.05, 3.63) is 95.7 Å². The molecule has 0 aliphatic carbocycles. The number of carbonyl (C=O) groups excluding carboxylic acids is 2. The molecule has 0 aromatic carbocycles. The summed E-state index contributed by atoms with van der Waals surface area (Å²) in [6.07, 6.45) is 33.1. The molecule has 0 radical (unpaired) electrons. The molecule has 0 spiro atoms. The van der Waals surface area contributed by atoms with Crippen molar-refractivity contribution in [2.24, 2.45) is 0 Å². The highest BCUT2D eigenvalue weighted by Crippen LogP contribution is 2.60. The standard InChI is InChI=1S/C52H85N3O17P2/c1-3-5-7-9-11-12-13-14-15-16-17-18-19-20-21-23-29-35-48(59)70-44(39-67-47(58)36-30-34-43(57)33-28-25-24-27-32-42(56)31-26-22-10-8-6-4-2)40-68-73(63,64)72-74(65,66)69-41-45-49(60)50(61)51(71-45)55-38-37-46(53)54-52(55)62/h11-12,14-15,22,24-28,32-33,37-38,42-45,49-51,56-57,60-61H,3-10,13,16-21,23,29-31,34-36,39-41H2,1-2H3,(H,63,64)(H,65,66)(H2,53,54,62)/b12-11-,15-14-,25-24+,26-22-,32-27+,33-28-/t42-,43-,44-,45-,49-,50-,51-/m1/s1. The minimum Gasteiger partial charge on any atom is -0.462 e. The van der Waals surface area contributed by atoms with Gasteiger partial charge in [0.1, 0.15) is 30.7 Å². The molecular formula is C52H85N3O17P2. The number of ether oxygens (including phenoxy) is 3. The van der Waals surface area contributed by atoms with Crippen molar-refractivity contribution >= 4 is 33.4 Å². The van der Waals surface area contributed by atoms with Gasteiger partial charge in [0.2, 0.25) is 0 Å². The summed E-state index contributed by atoms with van der Waals surface area (Å²) in [5.74, 6) is -1.57. The third-order valence-electron chi connectivity index (χ3n) is 11.5. The Kier molecular flexibility index (Phi) is 35.3. The van der Waals surface area contributed by atoms with E-state index in [9.17, 15) is 53.7 Å². The molecule has 1 aliphatic rings. The maximum Gasteiger partial charge on any atom is 0.481 e. The number of aliphatic hydroxyl groups is 4. The Labute approximate surface area is 437 Å². The van der Waals surface area contributed by atoms with Gasteiger partial charge in [0.05, 0.1) is 25.4 Å². The Morgan fingerprint density at radius 3 is 1.93 bits per heavy atom. The number of allylic oxidation sites excluding steroid dienone is 9. The number of hydrogen-bond acceptors (Lipinski definition) is 17. The minimum absolute atomic E-state index is 0.0148. The molecule has 9 atom stereocenters. The summed E-state index contributed by atoms with van der Waals surface area (Å²) in [6.45, 7) is 1.82. The second-order valence-electron chi connectivity index (χ2n) is 18.1. The SMILES string of the molecule is CCCCC/C=C\C/C=C\CCCCCCCCCC(=O)O[C@H](COC(=O)CCC[C@H](O)\C=C/C=C/C=C/[C@H](O)C/C=C\CCCCC)COP(=O)(O)OP(=O)(O)OC[C@H]1O[C@@H](n2ccc(N)nc2=O)[C@H](O)[C@@H]1O. The van der Waals surface area contributed by atoms with Crippen LogP contribution in [0.25, 0.3) is 0 Å². The van der Waals surface area contributed by atoms with Crippen LogP contribution >= 0.6 is 15.6 Å². The van der Waals surface area contributed by atoms with E-state index in [4.69, 9.17) is 29.0 Å². The molecule has 8 N–H and O–H groups in total. The average molecular weight is 1090 g/mol. The summed E-state index contributed by atoms with van der Waals surface area (Å²) < 4.78 is 56.6. The van der Waals surface area contributed by atoms with Crippen LogP contribution in [0.5, 0.6) is 0 Å². The molecule has 0 amide bonds. The smallest absolute Gasteiger partial charge is 0.462 e. The molecule has 1 saturated heterocycles. The number of aliphatic hydroxyl groups excluding tert-OH is 4. The second kappa shape index (κ2) is 39.5. The number of carbonyl (C=O) groups is 2. The van der Waals surface area contributed by atoms with E-state index in [2.05, 4.69) is 53.5 Å². The van der Waals surface area contributed by atoms with Crippen LogP contribution in [-0.4, -0.2) is 108 Å². The Morgan fingerprint density at radius 2 is 1.30 bits per heavy atom. The van der Waals surface area contributed by atoms with Crippen LogP contribution in [0.15, 0.2) is 90.0 Å². The number of anilines is 1. The van der Waals surface area contributed by atoms with E-state index in [0.29, 0.717) is 12.8 Å². The lowest BCUT2D eigenvalue weighted by Crippen LogP contribution is -2.36. The number of phosphoric acid groups is 2. The third-order valence-corrected chi connectivity index (χ3v) is 14.1. The molecule has 1 aliphatic heterocycles. The molecule has 1 fully saturated rings. The molecule has 1 aromatic rings. The van der Waals surface area contributed by atoms with Crippen molar-refractivity contribution in [2.75, 3.05) is 25.6 Å². The summed E-state index contributed by atoms with van der Waals surface area (Å²) >= 11 is 0. The van der Waals surface area contributed by atoms with Crippen LogP contribution in [0.4, 0.5) is 5.82 Å². The van der Waals surface area contributed by atoms with Crippen molar-refractivity contribution in [3.8, 4) is 0 Å². The highest BCUT2D eigenvalue weighted by Gasteiger charge is 2.46. The maximum atomic E-state index is 12.9. The molecule has 2 rings (SSSR count). The van der Waals surface area contributed by atoms with Gasteiger partial charge in [0.25, 0.3) is 0 Å². The number of rotatable bonds is 42. The number of hydrogen-bond donors (Lipinski definition) is 7. The van der Waals surface area contributed by atoms with E-state index in [1.807, 2.05) is 6.08 Å². The number of nitrogen functional groups attached to an aromatic ring is 1. The summed E-state index contributed by atoms with van der Waals surface area (Å²) in [6, 6.07) is 1.23. The fraction of sp³-hybridized carbons (Fsp3) is 0.654. The Morgan fingerprint density at radius 1 is 0.730 bits per heavy atom. The van der Waals surface area contributed by atoms with Gasteiger partial charge in [-0.2, -0.15) is 9.29 Å². The normalized spacial score (nSPS) is 20.3.